The van der Waals surface area contributed by atoms with Crippen LogP contribution in [0.15, 0.2) is 42.6 Å². The Kier molecular flexibility index (Phi) is 5.66. The number of aromatic nitrogens is 1. The smallest absolute Gasteiger partial charge is 0.300 e. The molecule has 0 saturated heterocycles. The van der Waals surface area contributed by atoms with Gasteiger partial charge in [0.05, 0.1) is 5.52 Å². The Balaban J connectivity index is 0.000000346. The molecule has 0 saturated carbocycles. The molecule has 0 bridgehead atoms. The summed E-state index contributed by atoms with van der Waals surface area (Å²) in [5.41, 5.74) is 1.06. The van der Waals surface area contributed by atoms with E-state index in [1.165, 1.54) is 5.39 Å². The SMILES string of the molecule is CC(=O)O.O.c1ccc2ncccc2c1. The minimum absolute atomic E-state index is 0. The Morgan fingerprint density at radius 3 is 2.33 bits per heavy atom. The van der Waals surface area contributed by atoms with Crippen molar-refractivity contribution < 1.29 is 15.4 Å². The lowest BCUT2D eigenvalue weighted by molar-refractivity contribution is -0.134. The highest BCUT2D eigenvalue weighted by molar-refractivity contribution is 5.77. The standard InChI is InChI=1S/C9H7N.C2H4O2.H2O/c1-2-6-9-8(4-1)5-3-7-10-9;1-2(3)4;/h1-7H;1H3,(H,3,4);1H2. The number of rotatable bonds is 0. The maximum Gasteiger partial charge on any atom is 0.300 e. The van der Waals surface area contributed by atoms with Gasteiger partial charge in [0.2, 0.25) is 0 Å². The summed E-state index contributed by atoms with van der Waals surface area (Å²) < 4.78 is 0. The fourth-order valence-corrected chi connectivity index (χ4v) is 1.02. The molecule has 0 amide bonds. The first-order chi connectivity index (χ1) is 6.70. The lowest BCUT2D eigenvalue weighted by atomic mass is 10.2. The summed E-state index contributed by atoms with van der Waals surface area (Å²) >= 11 is 0. The number of carboxylic acids is 1. The Bertz CT molecular complexity index is 359. The van der Waals surface area contributed by atoms with Crippen LogP contribution in [0.1, 0.15) is 6.92 Å². The van der Waals surface area contributed by atoms with Crippen LogP contribution in [0.5, 0.6) is 0 Å². The van der Waals surface area contributed by atoms with Gasteiger partial charge in [-0.15, -0.1) is 0 Å². The first-order valence-electron chi connectivity index (χ1n) is 4.19. The highest BCUT2D eigenvalue weighted by Gasteiger charge is 1.86. The van der Waals surface area contributed by atoms with Crippen LogP contribution in [0.2, 0.25) is 0 Å². The molecule has 3 N–H and O–H groups in total. The van der Waals surface area contributed by atoms with Crippen LogP contribution >= 0.6 is 0 Å². The van der Waals surface area contributed by atoms with Gasteiger partial charge in [-0.1, -0.05) is 24.3 Å². The molecule has 0 atom stereocenters. The fourth-order valence-electron chi connectivity index (χ4n) is 1.02. The van der Waals surface area contributed by atoms with Crippen molar-refractivity contribution in [1.82, 2.24) is 4.98 Å². The molecule has 2 rings (SSSR count). The average molecular weight is 207 g/mol. The zero-order valence-electron chi connectivity index (χ0n) is 8.34. The van der Waals surface area contributed by atoms with Crippen LogP contribution < -0.4 is 0 Å². The molecular formula is C11H13NO3. The lowest BCUT2D eigenvalue weighted by Gasteiger charge is -1.91. The van der Waals surface area contributed by atoms with Gasteiger partial charge in [0.25, 0.3) is 5.97 Å². The summed E-state index contributed by atoms with van der Waals surface area (Å²) in [5.74, 6) is -0.833. The van der Waals surface area contributed by atoms with Gasteiger partial charge in [-0.25, -0.2) is 0 Å². The molecular weight excluding hydrogens is 194 g/mol. The molecule has 0 fully saturated rings. The molecule has 1 heterocycles. The number of para-hydroxylation sites is 1. The summed E-state index contributed by atoms with van der Waals surface area (Å²) in [5, 5.41) is 8.62. The molecule has 2 aromatic rings. The number of carbonyl (C=O) groups is 1. The molecule has 80 valence electrons. The van der Waals surface area contributed by atoms with E-state index in [1.54, 1.807) is 0 Å². The molecule has 15 heavy (non-hydrogen) atoms. The van der Waals surface area contributed by atoms with Crippen molar-refractivity contribution in [2.75, 3.05) is 0 Å². The van der Waals surface area contributed by atoms with Crippen molar-refractivity contribution in [1.29, 1.82) is 0 Å². The van der Waals surface area contributed by atoms with Gasteiger partial charge >= 0.3 is 0 Å². The number of pyridine rings is 1. The van der Waals surface area contributed by atoms with E-state index in [0.717, 1.165) is 12.4 Å². The van der Waals surface area contributed by atoms with Crippen LogP contribution in [0, 0.1) is 0 Å². The van der Waals surface area contributed by atoms with Crippen LogP contribution in [0.4, 0.5) is 0 Å². The molecule has 1 aromatic carbocycles. The van der Waals surface area contributed by atoms with Gasteiger partial charge in [-0.2, -0.15) is 0 Å². The number of aliphatic carboxylic acids is 1. The molecule has 4 nitrogen and oxygen atoms in total. The monoisotopic (exact) mass is 207 g/mol. The Morgan fingerprint density at radius 2 is 1.73 bits per heavy atom. The Morgan fingerprint density at radius 1 is 1.20 bits per heavy atom. The topological polar surface area (TPSA) is 81.7 Å². The summed E-state index contributed by atoms with van der Waals surface area (Å²) in [6.45, 7) is 1.08. The van der Waals surface area contributed by atoms with E-state index in [9.17, 15) is 0 Å². The highest BCUT2D eigenvalue weighted by atomic mass is 16.4. The second kappa shape index (κ2) is 6.50. The van der Waals surface area contributed by atoms with Crippen molar-refractivity contribution in [2.45, 2.75) is 6.92 Å². The van der Waals surface area contributed by atoms with Crippen LogP contribution in [0.3, 0.4) is 0 Å². The molecule has 0 spiro atoms. The largest absolute Gasteiger partial charge is 0.481 e. The van der Waals surface area contributed by atoms with Crippen molar-refractivity contribution in [2.24, 2.45) is 0 Å². The van der Waals surface area contributed by atoms with E-state index >= 15 is 0 Å². The molecule has 0 aliphatic heterocycles. The Labute approximate surface area is 87.5 Å². The number of carboxylic acid groups (broad SMARTS) is 1. The van der Waals surface area contributed by atoms with E-state index in [4.69, 9.17) is 9.90 Å². The summed E-state index contributed by atoms with van der Waals surface area (Å²) in [6.07, 6.45) is 1.81. The van der Waals surface area contributed by atoms with Gasteiger partial charge in [0.15, 0.2) is 0 Å². The van der Waals surface area contributed by atoms with Crippen molar-refractivity contribution in [3.8, 4) is 0 Å². The van der Waals surface area contributed by atoms with E-state index in [-0.39, 0.29) is 5.48 Å². The number of nitrogens with zero attached hydrogens (tertiary/aromatic N) is 1. The fraction of sp³-hybridized carbons (Fsp3) is 0.0909. The number of benzene rings is 1. The number of hydrogen-bond donors (Lipinski definition) is 1. The molecule has 0 aliphatic carbocycles. The minimum atomic E-state index is -0.833. The second-order valence-corrected chi connectivity index (χ2v) is 2.72. The quantitative estimate of drug-likeness (QED) is 0.710. The second-order valence-electron chi connectivity index (χ2n) is 2.72. The van der Waals surface area contributed by atoms with Gasteiger partial charge in [0.1, 0.15) is 0 Å². The molecule has 4 heteroatoms. The predicted octanol–water partition coefficient (Wildman–Crippen LogP) is 1.50. The molecule has 0 unspecified atom stereocenters. The average Bonchev–Trinajstić information content (AvgIpc) is 2.17. The number of hydrogen-bond acceptors (Lipinski definition) is 2. The van der Waals surface area contributed by atoms with Crippen LogP contribution in [-0.2, 0) is 4.79 Å². The summed E-state index contributed by atoms with van der Waals surface area (Å²) in [4.78, 5) is 13.2. The van der Waals surface area contributed by atoms with Crippen molar-refractivity contribution in [3.63, 3.8) is 0 Å². The minimum Gasteiger partial charge on any atom is -0.481 e. The van der Waals surface area contributed by atoms with E-state index in [0.29, 0.717) is 0 Å². The van der Waals surface area contributed by atoms with Gasteiger partial charge in [0, 0.05) is 18.5 Å². The molecule has 0 aliphatic rings. The van der Waals surface area contributed by atoms with Crippen LogP contribution in [-0.4, -0.2) is 21.5 Å². The normalized spacial score (nSPS) is 8.33. The third-order valence-electron chi connectivity index (χ3n) is 1.51. The van der Waals surface area contributed by atoms with E-state index in [2.05, 4.69) is 17.1 Å². The van der Waals surface area contributed by atoms with Gasteiger partial charge in [-0.3, -0.25) is 9.78 Å². The number of fused-ring (bicyclic) bond motifs is 1. The lowest BCUT2D eigenvalue weighted by Crippen LogP contribution is -1.78. The Hall–Kier alpha value is -1.94. The van der Waals surface area contributed by atoms with Gasteiger partial charge in [-0.05, 0) is 12.1 Å². The maximum atomic E-state index is 9.00. The van der Waals surface area contributed by atoms with Crippen molar-refractivity contribution >= 4 is 16.9 Å². The predicted molar refractivity (Wildman–Crippen MR) is 58.7 cm³/mol. The first-order valence-corrected chi connectivity index (χ1v) is 4.19. The molecule has 0 radical (unpaired) electrons. The van der Waals surface area contributed by atoms with Gasteiger partial charge < -0.3 is 10.6 Å². The molecule has 1 aromatic heterocycles. The third kappa shape index (κ3) is 4.73. The van der Waals surface area contributed by atoms with Crippen LogP contribution in [0.25, 0.3) is 10.9 Å². The summed E-state index contributed by atoms with van der Waals surface area (Å²) in [7, 11) is 0. The van der Waals surface area contributed by atoms with E-state index in [1.807, 2.05) is 30.5 Å². The summed E-state index contributed by atoms with van der Waals surface area (Å²) in [6, 6.07) is 12.1. The highest BCUT2D eigenvalue weighted by Crippen LogP contribution is 2.07. The third-order valence-corrected chi connectivity index (χ3v) is 1.51. The maximum absolute atomic E-state index is 9.00. The zero-order chi connectivity index (χ0) is 10.4. The van der Waals surface area contributed by atoms with E-state index < -0.39 is 5.97 Å². The first kappa shape index (κ1) is 13.1. The zero-order valence-corrected chi connectivity index (χ0v) is 8.34. The van der Waals surface area contributed by atoms with Crippen molar-refractivity contribution in [3.05, 3.63) is 42.6 Å².